The molecule has 0 amide bonds. The summed E-state index contributed by atoms with van der Waals surface area (Å²) < 4.78 is 5.24. The summed E-state index contributed by atoms with van der Waals surface area (Å²) >= 11 is 0. The summed E-state index contributed by atoms with van der Waals surface area (Å²) in [4.78, 5) is 0. The van der Waals surface area contributed by atoms with E-state index in [1.165, 1.54) is 231 Å². The van der Waals surface area contributed by atoms with Crippen LogP contribution in [0.15, 0.2) is 12.4 Å². The summed E-state index contributed by atoms with van der Waals surface area (Å²) in [5.41, 5.74) is 0. The molecule has 2 heteroatoms. The van der Waals surface area contributed by atoms with Crippen molar-refractivity contribution < 1.29 is 4.57 Å². The van der Waals surface area contributed by atoms with Gasteiger partial charge < -0.3 is 0 Å². The lowest BCUT2D eigenvalue weighted by Crippen LogP contribution is -2.37. The van der Waals surface area contributed by atoms with Crippen molar-refractivity contribution in [2.75, 3.05) is 0 Å². The minimum atomic E-state index is 1.23. The van der Waals surface area contributed by atoms with E-state index in [9.17, 15) is 0 Å². The highest BCUT2D eigenvalue weighted by Crippen LogP contribution is 2.16. The lowest BCUT2D eigenvalue weighted by Gasteiger charge is -2.07. The molecule has 0 bridgehead atoms. The van der Waals surface area contributed by atoms with Crippen LogP contribution in [0.1, 0.15) is 238 Å². The fourth-order valence-corrected chi connectivity index (χ4v) is 7.03. The number of aromatic nitrogens is 2. The van der Waals surface area contributed by atoms with Crippen molar-refractivity contribution in [3.05, 3.63) is 18.2 Å². The second-order valence-electron chi connectivity index (χ2n) is 14.5. The second kappa shape index (κ2) is 33.6. The van der Waals surface area contributed by atoms with Crippen molar-refractivity contribution in [3.63, 3.8) is 0 Å². The van der Waals surface area contributed by atoms with Gasteiger partial charge in [0.15, 0.2) is 0 Å². The monoisotopic (exact) mass is 616 g/mol. The van der Waals surface area contributed by atoms with Crippen LogP contribution in [-0.4, -0.2) is 4.57 Å². The molecule has 0 atom stereocenters. The molecular weight excluding hydrogens is 532 g/mol. The molecule has 0 aromatic carbocycles. The molecule has 1 aromatic rings. The van der Waals surface area contributed by atoms with E-state index in [0.29, 0.717) is 0 Å². The maximum Gasteiger partial charge on any atom is 0.256 e. The fraction of sp³-hybridized carbons (Fsp3) is 0.929. The number of unbranched alkanes of at least 4 members (excludes halogenated alkanes) is 30. The Morgan fingerprint density at radius 2 is 0.705 bits per heavy atom. The SMILES string of the molecule is CCCCCCCCCCCCCCCCCCC[n+]1ccn(CCCCCCCCCCCCCC)c1CCCCCC. The Balaban J connectivity index is 2.11. The third kappa shape index (κ3) is 25.4. The molecule has 0 aliphatic heterocycles. The van der Waals surface area contributed by atoms with Crippen molar-refractivity contribution in [2.24, 2.45) is 0 Å². The van der Waals surface area contributed by atoms with Crippen LogP contribution in [0.4, 0.5) is 0 Å². The molecule has 44 heavy (non-hydrogen) atoms. The first-order chi connectivity index (χ1) is 21.8. The smallest absolute Gasteiger partial charge is 0.234 e. The molecule has 0 radical (unpaired) electrons. The van der Waals surface area contributed by atoms with Gasteiger partial charge in [-0.3, -0.25) is 0 Å². The van der Waals surface area contributed by atoms with Crippen LogP contribution >= 0.6 is 0 Å². The predicted octanol–water partition coefficient (Wildman–Crippen LogP) is 14.3. The lowest BCUT2D eigenvalue weighted by atomic mass is 10.0. The van der Waals surface area contributed by atoms with E-state index >= 15 is 0 Å². The van der Waals surface area contributed by atoms with Gasteiger partial charge in [0.25, 0.3) is 5.82 Å². The summed E-state index contributed by atoms with van der Waals surface area (Å²) in [5.74, 6) is 1.61. The number of nitrogens with zero attached hydrogens (tertiary/aromatic N) is 2. The number of hydrogen-bond donors (Lipinski definition) is 0. The van der Waals surface area contributed by atoms with Gasteiger partial charge in [-0.1, -0.05) is 201 Å². The molecule has 0 unspecified atom stereocenters. The Bertz CT molecular complexity index is 677. The van der Waals surface area contributed by atoms with E-state index in [1.54, 1.807) is 5.82 Å². The highest BCUT2D eigenvalue weighted by molar-refractivity contribution is 4.84. The zero-order valence-corrected chi connectivity index (χ0v) is 31.0. The maximum absolute atomic E-state index is 2.62. The molecule has 0 saturated heterocycles. The standard InChI is InChI=1S/C42H83N2/c1-4-7-10-13-15-17-19-21-22-23-24-25-27-29-31-33-36-39-44-41-40-43(42(44)37-34-12-9-6-3)38-35-32-30-28-26-20-18-16-14-11-8-5-2/h40-41H,4-39H2,1-3H3/q+1. The molecule has 2 nitrogen and oxygen atoms in total. The third-order valence-corrected chi connectivity index (χ3v) is 10.1. The number of rotatable bonds is 36. The Kier molecular flexibility index (Phi) is 31.5. The molecule has 1 aromatic heterocycles. The first kappa shape index (κ1) is 41.2. The summed E-state index contributed by atoms with van der Waals surface area (Å²) in [7, 11) is 0. The largest absolute Gasteiger partial charge is 0.256 e. The average molecular weight is 616 g/mol. The van der Waals surface area contributed by atoms with Gasteiger partial charge in [-0.25, -0.2) is 9.13 Å². The minimum absolute atomic E-state index is 1.23. The number of aryl methyl sites for hydroxylation is 2. The topological polar surface area (TPSA) is 8.81 Å². The molecule has 0 aliphatic carbocycles. The van der Waals surface area contributed by atoms with Gasteiger partial charge in [-0.15, -0.1) is 0 Å². The average Bonchev–Trinajstić information content (AvgIpc) is 3.42. The first-order valence-corrected chi connectivity index (χ1v) is 20.9. The quantitative estimate of drug-likeness (QED) is 0.0524. The Hall–Kier alpha value is -0.790. The summed E-state index contributed by atoms with van der Waals surface area (Å²) in [6.07, 6.45) is 53.4. The lowest BCUT2D eigenvalue weighted by molar-refractivity contribution is -0.704. The molecule has 0 N–H and O–H groups in total. The van der Waals surface area contributed by atoms with Gasteiger partial charge in [0.2, 0.25) is 0 Å². The molecular formula is C42H83N2+. The Labute approximate surface area is 279 Å². The van der Waals surface area contributed by atoms with E-state index < -0.39 is 0 Å². The van der Waals surface area contributed by atoms with Crippen molar-refractivity contribution in [1.29, 1.82) is 0 Å². The Morgan fingerprint density at radius 3 is 1.09 bits per heavy atom. The van der Waals surface area contributed by atoms with E-state index in [1.807, 2.05) is 0 Å². The number of imidazole rings is 1. The molecule has 0 saturated carbocycles. The normalized spacial score (nSPS) is 11.6. The molecule has 0 spiro atoms. The zero-order chi connectivity index (χ0) is 31.6. The van der Waals surface area contributed by atoms with Crippen molar-refractivity contribution in [2.45, 2.75) is 252 Å². The van der Waals surface area contributed by atoms with Crippen LogP contribution in [0.5, 0.6) is 0 Å². The summed E-state index contributed by atoms with van der Waals surface area (Å²) in [5, 5.41) is 0. The summed E-state index contributed by atoms with van der Waals surface area (Å²) in [6.45, 7) is 9.41. The van der Waals surface area contributed by atoms with Gasteiger partial charge >= 0.3 is 0 Å². The first-order valence-electron chi connectivity index (χ1n) is 20.9. The van der Waals surface area contributed by atoms with Crippen LogP contribution in [0.2, 0.25) is 0 Å². The molecule has 0 fully saturated rings. The Morgan fingerprint density at radius 1 is 0.386 bits per heavy atom. The zero-order valence-electron chi connectivity index (χ0n) is 31.0. The van der Waals surface area contributed by atoms with Gasteiger partial charge in [-0.2, -0.15) is 0 Å². The second-order valence-corrected chi connectivity index (χ2v) is 14.5. The predicted molar refractivity (Wildman–Crippen MR) is 198 cm³/mol. The van der Waals surface area contributed by atoms with Crippen LogP contribution in [0.25, 0.3) is 0 Å². The van der Waals surface area contributed by atoms with Crippen LogP contribution in [0.3, 0.4) is 0 Å². The maximum atomic E-state index is 2.62. The van der Waals surface area contributed by atoms with Crippen molar-refractivity contribution in [3.8, 4) is 0 Å². The third-order valence-electron chi connectivity index (χ3n) is 10.1. The number of hydrogen-bond acceptors (Lipinski definition) is 0. The van der Waals surface area contributed by atoms with E-state index in [0.717, 1.165) is 0 Å². The van der Waals surface area contributed by atoms with Gasteiger partial charge in [-0.05, 0) is 32.1 Å². The molecule has 1 heterocycles. The van der Waals surface area contributed by atoms with Gasteiger partial charge in [0.05, 0.1) is 13.1 Å². The molecule has 260 valence electrons. The van der Waals surface area contributed by atoms with Crippen molar-refractivity contribution >= 4 is 0 Å². The van der Waals surface area contributed by atoms with E-state index in [-0.39, 0.29) is 0 Å². The van der Waals surface area contributed by atoms with Gasteiger partial charge in [0.1, 0.15) is 12.4 Å². The van der Waals surface area contributed by atoms with Crippen LogP contribution in [0, 0.1) is 0 Å². The van der Waals surface area contributed by atoms with Crippen molar-refractivity contribution in [1.82, 2.24) is 4.57 Å². The molecule has 0 aliphatic rings. The summed E-state index contributed by atoms with van der Waals surface area (Å²) in [6, 6.07) is 0. The highest BCUT2D eigenvalue weighted by atomic mass is 15.1. The van der Waals surface area contributed by atoms with Crippen LogP contribution in [-0.2, 0) is 19.5 Å². The van der Waals surface area contributed by atoms with E-state index in [4.69, 9.17) is 0 Å². The molecule has 1 rings (SSSR count). The fourth-order valence-electron chi connectivity index (χ4n) is 7.03. The minimum Gasteiger partial charge on any atom is -0.234 e. The highest BCUT2D eigenvalue weighted by Gasteiger charge is 2.16. The van der Waals surface area contributed by atoms with Crippen LogP contribution < -0.4 is 4.57 Å². The van der Waals surface area contributed by atoms with Gasteiger partial charge in [0, 0.05) is 6.42 Å². The van der Waals surface area contributed by atoms with E-state index in [2.05, 4.69) is 42.3 Å².